The average molecular weight is 287 g/mol. The Morgan fingerprint density at radius 3 is 3.00 bits per heavy atom. The Morgan fingerprint density at radius 2 is 2.14 bits per heavy atom. The number of para-hydroxylation sites is 1. The Kier molecular flexibility index (Phi) is 4.20. The number of aryl methyl sites for hydroxylation is 1. The van der Waals surface area contributed by atoms with Crippen LogP contribution in [0.4, 0.5) is 0 Å². The summed E-state index contributed by atoms with van der Waals surface area (Å²) in [5.41, 5.74) is 0.832. The second-order valence-corrected chi connectivity index (χ2v) is 5.39. The van der Waals surface area contributed by atoms with E-state index in [-0.39, 0.29) is 0 Å². The van der Waals surface area contributed by atoms with E-state index in [9.17, 15) is 5.11 Å². The maximum absolute atomic E-state index is 10.0. The summed E-state index contributed by atoms with van der Waals surface area (Å²) in [6, 6.07) is 7.63. The van der Waals surface area contributed by atoms with Crippen LogP contribution in [0.3, 0.4) is 0 Å². The Morgan fingerprint density at radius 1 is 1.29 bits per heavy atom. The molecule has 0 amide bonds. The molecule has 5 heteroatoms. The summed E-state index contributed by atoms with van der Waals surface area (Å²) in [6.07, 6.45) is 3.53. The quantitative estimate of drug-likeness (QED) is 0.918. The van der Waals surface area contributed by atoms with Crippen molar-refractivity contribution < 1.29 is 9.84 Å². The first-order valence-corrected chi connectivity index (χ1v) is 7.60. The van der Waals surface area contributed by atoms with Crippen LogP contribution >= 0.6 is 0 Å². The number of nitrogens with zero attached hydrogens (tertiary/aromatic N) is 3. The van der Waals surface area contributed by atoms with Crippen LogP contribution in [0.25, 0.3) is 0 Å². The lowest BCUT2D eigenvalue weighted by molar-refractivity contribution is 0.165. The Bertz CT molecular complexity index is 609. The maximum atomic E-state index is 10.0. The van der Waals surface area contributed by atoms with Gasteiger partial charge in [0.25, 0.3) is 0 Å². The molecule has 2 heterocycles. The third-order valence-electron chi connectivity index (χ3n) is 3.96. The minimum absolute atomic E-state index is 0.389. The molecule has 0 fully saturated rings. The molecule has 3 rings (SSSR count). The molecular weight excluding hydrogens is 266 g/mol. The molecule has 0 radical (unpaired) electrons. The van der Waals surface area contributed by atoms with Crippen LogP contribution in [0, 0.1) is 0 Å². The highest BCUT2D eigenvalue weighted by Gasteiger charge is 2.17. The van der Waals surface area contributed by atoms with E-state index in [4.69, 9.17) is 4.74 Å². The van der Waals surface area contributed by atoms with E-state index in [0.717, 1.165) is 35.9 Å². The molecule has 1 atom stereocenters. The van der Waals surface area contributed by atoms with Crippen molar-refractivity contribution in [2.24, 2.45) is 0 Å². The minimum Gasteiger partial charge on any atom is -0.485 e. The Balaban J connectivity index is 1.75. The van der Waals surface area contributed by atoms with Crippen molar-refractivity contribution >= 4 is 0 Å². The molecule has 0 spiro atoms. The van der Waals surface area contributed by atoms with E-state index in [0.29, 0.717) is 13.0 Å². The summed E-state index contributed by atoms with van der Waals surface area (Å²) in [6.45, 7) is 3.32. The SMILES string of the molecule is CCC(O)c1ccccc1OCc1nnc2n1CCCC2. The highest BCUT2D eigenvalue weighted by molar-refractivity contribution is 5.35. The summed E-state index contributed by atoms with van der Waals surface area (Å²) in [5, 5.41) is 18.5. The first kappa shape index (κ1) is 14.1. The third kappa shape index (κ3) is 2.93. The van der Waals surface area contributed by atoms with E-state index in [1.165, 1.54) is 12.8 Å². The van der Waals surface area contributed by atoms with Gasteiger partial charge in [-0.05, 0) is 25.3 Å². The molecule has 0 bridgehead atoms. The molecule has 21 heavy (non-hydrogen) atoms. The zero-order chi connectivity index (χ0) is 14.7. The fourth-order valence-electron chi connectivity index (χ4n) is 2.72. The van der Waals surface area contributed by atoms with Crippen LogP contribution in [-0.2, 0) is 19.6 Å². The third-order valence-corrected chi connectivity index (χ3v) is 3.96. The van der Waals surface area contributed by atoms with Gasteiger partial charge in [-0.25, -0.2) is 0 Å². The number of ether oxygens (including phenoxy) is 1. The van der Waals surface area contributed by atoms with Gasteiger partial charge in [0.15, 0.2) is 5.82 Å². The normalized spacial score (nSPS) is 15.5. The molecule has 1 N–H and O–H groups in total. The summed E-state index contributed by atoms with van der Waals surface area (Å²) >= 11 is 0. The number of aliphatic hydroxyl groups is 1. The highest BCUT2D eigenvalue weighted by atomic mass is 16.5. The predicted molar refractivity (Wildman–Crippen MR) is 79.0 cm³/mol. The standard InChI is InChI=1S/C16H21N3O2/c1-2-13(20)12-7-3-4-8-14(12)21-11-16-18-17-15-9-5-6-10-19(15)16/h3-4,7-8,13,20H,2,5-6,9-11H2,1H3. The van der Waals surface area contributed by atoms with Crippen molar-refractivity contribution in [1.29, 1.82) is 0 Å². The lowest BCUT2D eigenvalue weighted by Gasteiger charge is -2.17. The summed E-state index contributed by atoms with van der Waals surface area (Å²) < 4.78 is 8.04. The largest absolute Gasteiger partial charge is 0.485 e. The lowest BCUT2D eigenvalue weighted by atomic mass is 10.1. The predicted octanol–water partition coefficient (Wildman–Crippen LogP) is 2.64. The number of benzene rings is 1. The summed E-state index contributed by atoms with van der Waals surface area (Å²) in [7, 11) is 0. The number of rotatable bonds is 5. The van der Waals surface area contributed by atoms with Gasteiger partial charge in [0.2, 0.25) is 0 Å². The van der Waals surface area contributed by atoms with Gasteiger partial charge in [-0.1, -0.05) is 25.1 Å². The van der Waals surface area contributed by atoms with Crippen LogP contribution in [0.2, 0.25) is 0 Å². The molecular formula is C16H21N3O2. The molecule has 5 nitrogen and oxygen atoms in total. The molecule has 1 aromatic heterocycles. The van der Waals surface area contributed by atoms with Crippen molar-refractivity contribution in [2.75, 3.05) is 0 Å². The zero-order valence-electron chi connectivity index (χ0n) is 12.3. The molecule has 1 aromatic carbocycles. The number of hydrogen-bond acceptors (Lipinski definition) is 4. The molecule has 1 unspecified atom stereocenters. The molecule has 1 aliphatic rings. The second kappa shape index (κ2) is 6.26. The monoisotopic (exact) mass is 287 g/mol. The van der Waals surface area contributed by atoms with Crippen molar-refractivity contribution in [2.45, 2.75) is 51.9 Å². The molecule has 1 aliphatic heterocycles. The van der Waals surface area contributed by atoms with Gasteiger partial charge in [0.05, 0.1) is 6.10 Å². The van der Waals surface area contributed by atoms with E-state index in [1.807, 2.05) is 31.2 Å². The first-order chi connectivity index (χ1) is 10.3. The van der Waals surface area contributed by atoms with Gasteiger partial charge in [-0.2, -0.15) is 0 Å². The van der Waals surface area contributed by atoms with Gasteiger partial charge in [0, 0.05) is 18.5 Å². The van der Waals surface area contributed by atoms with E-state index in [1.54, 1.807) is 0 Å². The van der Waals surface area contributed by atoms with Gasteiger partial charge >= 0.3 is 0 Å². The van der Waals surface area contributed by atoms with Crippen LogP contribution in [0.15, 0.2) is 24.3 Å². The van der Waals surface area contributed by atoms with Crippen LogP contribution in [-0.4, -0.2) is 19.9 Å². The molecule has 2 aromatic rings. The second-order valence-electron chi connectivity index (χ2n) is 5.39. The number of aliphatic hydroxyl groups excluding tert-OH is 1. The number of hydrogen-bond donors (Lipinski definition) is 1. The van der Waals surface area contributed by atoms with Crippen molar-refractivity contribution in [3.8, 4) is 5.75 Å². The molecule has 0 saturated heterocycles. The number of fused-ring (bicyclic) bond motifs is 1. The lowest BCUT2D eigenvalue weighted by Crippen LogP contribution is -2.14. The highest BCUT2D eigenvalue weighted by Crippen LogP contribution is 2.27. The van der Waals surface area contributed by atoms with Crippen LogP contribution in [0.1, 0.15) is 49.5 Å². The molecule has 0 saturated carbocycles. The zero-order valence-corrected chi connectivity index (χ0v) is 12.3. The van der Waals surface area contributed by atoms with E-state index in [2.05, 4.69) is 14.8 Å². The van der Waals surface area contributed by atoms with Gasteiger partial charge < -0.3 is 14.4 Å². The Hall–Kier alpha value is -1.88. The molecule has 112 valence electrons. The topological polar surface area (TPSA) is 60.2 Å². The van der Waals surface area contributed by atoms with Crippen LogP contribution < -0.4 is 4.74 Å². The maximum Gasteiger partial charge on any atom is 0.171 e. The Labute approximate surface area is 124 Å². The van der Waals surface area contributed by atoms with Crippen molar-refractivity contribution in [3.63, 3.8) is 0 Å². The van der Waals surface area contributed by atoms with Crippen LogP contribution in [0.5, 0.6) is 5.75 Å². The van der Waals surface area contributed by atoms with E-state index < -0.39 is 6.10 Å². The number of aromatic nitrogens is 3. The molecule has 0 aliphatic carbocycles. The summed E-state index contributed by atoms with van der Waals surface area (Å²) in [4.78, 5) is 0. The van der Waals surface area contributed by atoms with Gasteiger partial charge in [0.1, 0.15) is 18.2 Å². The van der Waals surface area contributed by atoms with Crippen molar-refractivity contribution in [1.82, 2.24) is 14.8 Å². The fourth-order valence-corrected chi connectivity index (χ4v) is 2.72. The average Bonchev–Trinajstić information content (AvgIpc) is 2.96. The fraction of sp³-hybridized carbons (Fsp3) is 0.500. The van der Waals surface area contributed by atoms with E-state index >= 15 is 0 Å². The van der Waals surface area contributed by atoms with Crippen molar-refractivity contribution in [3.05, 3.63) is 41.5 Å². The smallest absolute Gasteiger partial charge is 0.171 e. The first-order valence-electron chi connectivity index (χ1n) is 7.60. The van der Waals surface area contributed by atoms with Gasteiger partial charge in [-0.15, -0.1) is 10.2 Å². The van der Waals surface area contributed by atoms with Gasteiger partial charge in [-0.3, -0.25) is 0 Å². The minimum atomic E-state index is -0.492. The summed E-state index contributed by atoms with van der Waals surface area (Å²) in [5.74, 6) is 2.65.